The molecule has 0 fully saturated rings. The predicted molar refractivity (Wildman–Crippen MR) is 132 cm³/mol. The maximum Gasteiger partial charge on any atom is 0.191 e. The van der Waals surface area contributed by atoms with Gasteiger partial charge in [-0.2, -0.15) is 5.26 Å². The van der Waals surface area contributed by atoms with Crippen molar-refractivity contribution < 1.29 is 8.85 Å². The molecule has 30 heavy (non-hydrogen) atoms. The smallest absolute Gasteiger partial charge is 0.191 e. The zero-order valence-electron chi connectivity index (χ0n) is 21.1. The van der Waals surface area contributed by atoms with Crippen molar-refractivity contribution in [2.75, 3.05) is 13.2 Å². The second kappa shape index (κ2) is 10.5. The summed E-state index contributed by atoms with van der Waals surface area (Å²) in [6, 6.07) is 6.03. The van der Waals surface area contributed by atoms with Crippen LogP contribution in [0.15, 0.2) is 18.3 Å². The summed E-state index contributed by atoms with van der Waals surface area (Å²) in [5.41, 5.74) is 1.67. The fraction of sp³-hybridized carbons (Fsp3) is 0.750. The molecule has 0 N–H and O–H groups in total. The molecule has 0 amide bonds. The maximum atomic E-state index is 9.06. The number of aryl methyl sites for hydroxylation is 1. The van der Waals surface area contributed by atoms with Crippen LogP contribution in [0.4, 0.5) is 0 Å². The fourth-order valence-electron chi connectivity index (χ4n) is 2.59. The lowest BCUT2D eigenvalue weighted by Crippen LogP contribution is -2.44. The molecule has 1 rings (SSSR count). The van der Waals surface area contributed by atoms with E-state index in [-0.39, 0.29) is 10.1 Å². The van der Waals surface area contributed by atoms with Gasteiger partial charge in [0, 0.05) is 25.3 Å². The van der Waals surface area contributed by atoms with Crippen LogP contribution in [-0.2, 0) is 15.3 Å². The first-order valence-electron chi connectivity index (χ1n) is 11.2. The molecule has 4 nitrogen and oxygen atoms in total. The first-order chi connectivity index (χ1) is 13.6. The summed E-state index contributed by atoms with van der Waals surface area (Å²) in [5, 5.41) is 9.48. The third kappa shape index (κ3) is 8.26. The molecular formula is C24H44N2O2Si2. The largest absolute Gasteiger partial charge is 0.416 e. The molecule has 0 saturated heterocycles. The minimum Gasteiger partial charge on any atom is -0.416 e. The van der Waals surface area contributed by atoms with Gasteiger partial charge in [-0.05, 0) is 73.2 Å². The molecule has 0 aromatic carbocycles. The van der Waals surface area contributed by atoms with Crippen LogP contribution >= 0.6 is 0 Å². The average Bonchev–Trinajstić information content (AvgIpc) is 2.61. The molecule has 0 aliphatic rings. The van der Waals surface area contributed by atoms with E-state index in [0.29, 0.717) is 11.6 Å². The van der Waals surface area contributed by atoms with E-state index in [0.717, 1.165) is 32.5 Å². The maximum absolute atomic E-state index is 9.06. The van der Waals surface area contributed by atoms with Crippen LogP contribution in [-0.4, -0.2) is 34.8 Å². The lowest BCUT2D eigenvalue weighted by atomic mass is 10.0. The van der Waals surface area contributed by atoms with Gasteiger partial charge in [-0.3, -0.25) is 0 Å². The Bertz CT molecular complexity index is 683. The van der Waals surface area contributed by atoms with E-state index >= 15 is 0 Å². The van der Waals surface area contributed by atoms with E-state index in [2.05, 4.69) is 78.8 Å². The van der Waals surface area contributed by atoms with Crippen molar-refractivity contribution in [1.82, 2.24) is 4.98 Å². The summed E-state index contributed by atoms with van der Waals surface area (Å²) in [5.74, 6) is 0.394. The van der Waals surface area contributed by atoms with Crippen molar-refractivity contribution in [2.24, 2.45) is 5.92 Å². The van der Waals surface area contributed by atoms with Crippen molar-refractivity contribution in [3.8, 4) is 6.07 Å². The van der Waals surface area contributed by atoms with Crippen molar-refractivity contribution >= 4 is 16.6 Å². The predicted octanol–water partition coefficient (Wildman–Crippen LogP) is 6.94. The van der Waals surface area contributed by atoms with Gasteiger partial charge in [-0.25, -0.2) is 4.98 Å². The number of hydrogen-bond donors (Lipinski definition) is 0. The Hall–Kier alpha value is -1.01. The zero-order valence-corrected chi connectivity index (χ0v) is 23.1. The van der Waals surface area contributed by atoms with E-state index in [9.17, 15) is 0 Å². The highest BCUT2D eigenvalue weighted by atomic mass is 28.4. The van der Waals surface area contributed by atoms with Gasteiger partial charge in [0.15, 0.2) is 16.6 Å². The van der Waals surface area contributed by atoms with Crippen molar-refractivity contribution in [1.29, 1.82) is 5.26 Å². The van der Waals surface area contributed by atoms with E-state index in [4.69, 9.17) is 14.1 Å². The Kier molecular flexibility index (Phi) is 9.50. The van der Waals surface area contributed by atoms with Gasteiger partial charge in [-0.15, -0.1) is 0 Å². The van der Waals surface area contributed by atoms with Gasteiger partial charge in [-0.1, -0.05) is 41.5 Å². The first-order valence-corrected chi connectivity index (χ1v) is 17.0. The standard InChI is InChI=1S/C24H44N2O2Si2/c1-23(2,3)29(7,8)27-18-21(19-28-30(9,10)24(4,5)6)13-11-12-20-14-15-26-22(16-20)17-25/h14-16,21H,11-13,18-19H2,1-10H3. The molecule has 1 aromatic heterocycles. The molecule has 0 bridgehead atoms. The second-order valence-corrected chi connectivity index (χ2v) is 21.2. The van der Waals surface area contributed by atoms with Crippen LogP contribution in [0.25, 0.3) is 0 Å². The van der Waals surface area contributed by atoms with Gasteiger partial charge in [0.25, 0.3) is 0 Å². The lowest BCUT2D eigenvalue weighted by Gasteiger charge is -2.39. The first kappa shape index (κ1) is 27.0. The van der Waals surface area contributed by atoms with E-state index in [1.165, 1.54) is 5.56 Å². The lowest BCUT2D eigenvalue weighted by molar-refractivity contribution is 0.149. The molecular weight excluding hydrogens is 404 g/mol. The molecule has 170 valence electrons. The average molecular weight is 449 g/mol. The molecule has 0 spiro atoms. The molecule has 1 heterocycles. The highest BCUT2D eigenvalue weighted by molar-refractivity contribution is 6.74. The summed E-state index contributed by atoms with van der Waals surface area (Å²) >= 11 is 0. The SMILES string of the molecule is CC(C)(C)[Si](C)(C)OCC(CCCc1ccnc(C#N)c1)CO[Si](C)(C)C(C)(C)C. The molecule has 6 heteroatoms. The second-order valence-electron chi connectivity index (χ2n) is 11.6. The van der Waals surface area contributed by atoms with Crippen molar-refractivity contribution in [3.63, 3.8) is 0 Å². The summed E-state index contributed by atoms with van der Waals surface area (Å²) in [6.45, 7) is 24.5. The van der Waals surface area contributed by atoms with Gasteiger partial charge in [0.1, 0.15) is 11.8 Å². The Morgan fingerprint density at radius 3 is 1.90 bits per heavy atom. The summed E-state index contributed by atoms with van der Waals surface area (Å²) in [7, 11) is -3.57. The Morgan fingerprint density at radius 1 is 0.967 bits per heavy atom. The number of nitrogens with zero attached hydrogens (tertiary/aromatic N) is 2. The van der Waals surface area contributed by atoms with Crippen LogP contribution in [0.1, 0.15) is 65.6 Å². The van der Waals surface area contributed by atoms with Crippen LogP contribution in [0.2, 0.25) is 36.3 Å². The van der Waals surface area contributed by atoms with Crippen LogP contribution in [0.5, 0.6) is 0 Å². The van der Waals surface area contributed by atoms with Crippen LogP contribution in [0.3, 0.4) is 0 Å². The highest BCUT2D eigenvalue weighted by Gasteiger charge is 2.39. The normalized spacial score (nSPS) is 13.5. The van der Waals surface area contributed by atoms with Gasteiger partial charge >= 0.3 is 0 Å². The summed E-state index contributed by atoms with van der Waals surface area (Å²) < 4.78 is 13.1. The highest BCUT2D eigenvalue weighted by Crippen LogP contribution is 2.38. The molecule has 0 saturated carbocycles. The Morgan fingerprint density at radius 2 is 1.47 bits per heavy atom. The van der Waals surface area contributed by atoms with Crippen molar-refractivity contribution in [3.05, 3.63) is 29.6 Å². The molecule has 1 aromatic rings. The summed E-state index contributed by atoms with van der Waals surface area (Å²) in [6.07, 6.45) is 4.80. The molecule has 0 atom stereocenters. The third-order valence-corrected chi connectivity index (χ3v) is 16.0. The number of nitriles is 1. The zero-order chi connectivity index (χ0) is 23.2. The van der Waals surface area contributed by atoms with Gasteiger partial charge in [0.2, 0.25) is 0 Å². The van der Waals surface area contributed by atoms with Crippen LogP contribution < -0.4 is 0 Å². The Labute approximate surface area is 187 Å². The third-order valence-electron chi connectivity index (χ3n) is 6.99. The topological polar surface area (TPSA) is 55.1 Å². The molecule has 0 unspecified atom stereocenters. The monoisotopic (exact) mass is 448 g/mol. The van der Waals surface area contributed by atoms with Crippen molar-refractivity contribution in [2.45, 2.75) is 97.1 Å². The fourth-order valence-corrected chi connectivity index (χ4v) is 4.76. The minimum absolute atomic E-state index is 0.211. The quantitative estimate of drug-likeness (QED) is 0.364. The number of pyridine rings is 1. The van der Waals surface area contributed by atoms with Gasteiger partial charge < -0.3 is 8.85 Å². The van der Waals surface area contributed by atoms with Crippen LogP contribution in [0, 0.1) is 17.2 Å². The Balaban J connectivity index is 2.77. The number of rotatable bonds is 10. The minimum atomic E-state index is -1.78. The summed E-state index contributed by atoms with van der Waals surface area (Å²) in [4.78, 5) is 4.07. The number of aromatic nitrogens is 1. The van der Waals surface area contributed by atoms with E-state index in [1.54, 1.807) is 6.20 Å². The van der Waals surface area contributed by atoms with Gasteiger partial charge in [0.05, 0.1) is 0 Å². The molecule has 0 aliphatic heterocycles. The number of hydrogen-bond acceptors (Lipinski definition) is 4. The molecule has 0 aliphatic carbocycles. The molecule has 0 radical (unpaired) electrons. The van der Waals surface area contributed by atoms with E-state index in [1.807, 2.05) is 12.1 Å². The van der Waals surface area contributed by atoms with E-state index < -0.39 is 16.6 Å².